The van der Waals surface area contributed by atoms with Crippen molar-refractivity contribution in [3.63, 3.8) is 0 Å². The van der Waals surface area contributed by atoms with Crippen molar-refractivity contribution in [3.8, 4) is 11.1 Å². The molecule has 1 amide bonds. The number of benzene rings is 2. The molecule has 5 rings (SSSR count). The van der Waals surface area contributed by atoms with Gasteiger partial charge in [-0.15, -0.1) is 0 Å². The Kier molecular flexibility index (Phi) is 7.39. The molecule has 0 aromatic heterocycles. The number of hydrogen-bond acceptors (Lipinski definition) is 3. The molecule has 0 saturated carbocycles. The highest BCUT2D eigenvalue weighted by Gasteiger charge is 2.39. The van der Waals surface area contributed by atoms with Crippen molar-refractivity contribution in [1.29, 1.82) is 0 Å². The highest BCUT2D eigenvalue weighted by atomic mass is 28.4. The second-order valence-corrected chi connectivity index (χ2v) is 17.4. The van der Waals surface area contributed by atoms with E-state index in [9.17, 15) is 4.79 Å². The molecular formula is C32H43NO3Si. The Balaban J connectivity index is 1.20. The fourth-order valence-corrected chi connectivity index (χ4v) is 7.19. The second-order valence-electron chi connectivity index (χ2n) is 12.6. The number of rotatable bonds is 7. The first-order valence-electron chi connectivity index (χ1n) is 14.1. The van der Waals surface area contributed by atoms with Crippen molar-refractivity contribution in [1.82, 2.24) is 4.90 Å². The number of nitrogens with zero attached hydrogens (tertiary/aromatic N) is 1. The SMILES string of the molecule is CC(C)(C)[Si](C)(C)OCCCC1=CC2CCCC(C1)N2C(=O)OCC1c2ccccc2-c2ccccc21. The standard InChI is InChI=1S/C32H43NO3Si/c1-32(2,3)37(4,5)36-19-11-12-23-20-24-13-10-14-25(21-23)33(24)31(34)35-22-30-28-17-8-6-15-26(28)27-16-7-9-18-29(27)30/h6-9,15-18,20,24-25,30H,10-14,19,21-22H2,1-5H3. The Hall–Kier alpha value is -2.37. The minimum atomic E-state index is -1.69. The Labute approximate surface area is 224 Å². The first-order chi connectivity index (χ1) is 17.7. The van der Waals surface area contributed by atoms with Gasteiger partial charge in [-0.1, -0.05) is 81.0 Å². The van der Waals surface area contributed by atoms with Crippen LogP contribution in [0.4, 0.5) is 4.79 Å². The van der Waals surface area contributed by atoms with E-state index in [4.69, 9.17) is 9.16 Å². The molecule has 0 N–H and O–H groups in total. The zero-order valence-electron chi connectivity index (χ0n) is 23.3. The highest BCUT2D eigenvalue weighted by molar-refractivity contribution is 6.74. The van der Waals surface area contributed by atoms with E-state index in [1.807, 2.05) is 4.90 Å². The summed E-state index contributed by atoms with van der Waals surface area (Å²) in [6, 6.07) is 17.5. The van der Waals surface area contributed by atoms with Gasteiger partial charge in [0.05, 0.1) is 6.04 Å². The molecule has 0 radical (unpaired) electrons. The molecule has 2 aromatic carbocycles. The molecule has 198 valence electrons. The van der Waals surface area contributed by atoms with Crippen molar-refractivity contribution < 1.29 is 14.0 Å². The monoisotopic (exact) mass is 517 g/mol. The summed E-state index contributed by atoms with van der Waals surface area (Å²) in [6.45, 7) is 12.8. The van der Waals surface area contributed by atoms with Gasteiger partial charge in [-0.05, 0) is 78.9 Å². The first-order valence-corrected chi connectivity index (χ1v) is 17.0. The van der Waals surface area contributed by atoms with Crippen molar-refractivity contribution in [2.24, 2.45) is 0 Å². The van der Waals surface area contributed by atoms with Crippen molar-refractivity contribution in [2.45, 2.75) is 95.4 Å². The van der Waals surface area contributed by atoms with Crippen LogP contribution in [0.5, 0.6) is 0 Å². The summed E-state index contributed by atoms with van der Waals surface area (Å²) in [4.78, 5) is 15.5. The van der Waals surface area contributed by atoms with Crippen LogP contribution >= 0.6 is 0 Å². The molecule has 4 nitrogen and oxygen atoms in total. The molecule has 1 saturated heterocycles. The molecule has 3 aliphatic rings. The van der Waals surface area contributed by atoms with E-state index < -0.39 is 8.32 Å². The van der Waals surface area contributed by atoms with Crippen molar-refractivity contribution in [2.75, 3.05) is 13.2 Å². The van der Waals surface area contributed by atoms with Gasteiger partial charge in [0.15, 0.2) is 8.32 Å². The number of fused-ring (bicyclic) bond motifs is 5. The quantitative estimate of drug-likeness (QED) is 0.211. The van der Waals surface area contributed by atoms with E-state index in [1.54, 1.807) is 0 Å². The van der Waals surface area contributed by atoms with E-state index >= 15 is 0 Å². The zero-order valence-corrected chi connectivity index (χ0v) is 24.3. The van der Waals surface area contributed by atoms with Gasteiger partial charge in [0, 0.05) is 18.6 Å². The van der Waals surface area contributed by atoms with Crippen LogP contribution in [0, 0.1) is 0 Å². The Morgan fingerprint density at radius 3 is 2.27 bits per heavy atom. The summed E-state index contributed by atoms with van der Waals surface area (Å²) in [5, 5.41) is 0.248. The molecule has 2 aromatic rings. The predicted molar refractivity (Wildman–Crippen MR) is 153 cm³/mol. The van der Waals surface area contributed by atoms with E-state index in [0.717, 1.165) is 38.7 Å². The van der Waals surface area contributed by atoms with E-state index in [2.05, 4.69) is 88.5 Å². The third-order valence-electron chi connectivity index (χ3n) is 9.17. The molecule has 1 aliphatic carbocycles. The average molecular weight is 518 g/mol. The summed E-state index contributed by atoms with van der Waals surface area (Å²) in [7, 11) is -1.69. The van der Waals surface area contributed by atoms with Gasteiger partial charge in [-0.3, -0.25) is 4.90 Å². The van der Waals surface area contributed by atoms with Crippen LogP contribution in [-0.4, -0.2) is 44.6 Å². The third-order valence-corrected chi connectivity index (χ3v) is 13.7. The highest BCUT2D eigenvalue weighted by Crippen LogP contribution is 2.45. The second kappa shape index (κ2) is 10.4. The minimum absolute atomic E-state index is 0.105. The Morgan fingerprint density at radius 2 is 1.65 bits per heavy atom. The van der Waals surface area contributed by atoms with E-state index in [-0.39, 0.29) is 29.1 Å². The molecule has 1 fully saturated rings. The smallest absolute Gasteiger partial charge is 0.410 e. The summed E-state index contributed by atoms with van der Waals surface area (Å²) in [5.41, 5.74) is 6.55. The van der Waals surface area contributed by atoms with Crippen LogP contribution in [0.15, 0.2) is 60.2 Å². The Bertz CT molecular complexity index is 1120. The maximum Gasteiger partial charge on any atom is 0.410 e. The fraction of sp³-hybridized carbons (Fsp3) is 0.531. The lowest BCUT2D eigenvalue weighted by atomic mass is 9.84. The molecule has 2 heterocycles. The first kappa shape index (κ1) is 26.2. The minimum Gasteiger partial charge on any atom is -0.448 e. The van der Waals surface area contributed by atoms with E-state index in [1.165, 1.54) is 34.2 Å². The molecule has 0 spiro atoms. The number of hydrogen-bond donors (Lipinski definition) is 0. The molecular weight excluding hydrogens is 474 g/mol. The lowest BCUT2D eigenvalue weighted by molar-refractivity contribution is 0.0506. The number of piperidine rings is 1. The zero-order chi connectivity index (χ0) is 26.2. The topological polar surface area (TPSA) is 38.8 Å². The van der Waals surface area contributed by atoms with Crippen LogP contribution in [0.1, 0.15) is 76.3 Å². The van der Waals surface area contributed by atoms with Gasteiger partial charge in [0.2, 0.25) is 0 Å². The molecule has 2 aliphatic heterocycles. The van der Waals surface area contributed by atoms with Gasteiger partial charge >= 0.3 is 6.09 Å². The third kappa shape index (κ3) is 5.30. The molecule has 2 atom stereocenters. The van der Waals surface area contributed by atoms with Gasteiger partial charge < -0.3 is 9.16 Å². The van der Waals surface area contributed by atoms with Crippen LogP contribution in [0.25, 0.3) is 11.1 Å². The predicted octanol–water partition coefficient (Wildman–Crippen LogP) is 8.29. The van der Waals surface area contributed by atoms with E-state index in [0.29, 0.717) is 6.61 Å². The summed E-state index contributed by atoms with van der Waals surface area (Å²) >= 11 is 0. The van der Waals surface area contributed by atoms with Gasteiger partial charge in [0.25, 0.3) is 0 Å². The maximum absolute atomic E-state index is 13.4. The molecule has 2 bridgehead atoms. The maximum atomic E-state index is 13.4. The van der Waals surface area contributed by atoms with Crippen LogP contribution in [-0.2, 0) is 9.16 Å². The number of carbonyl (C=O) groups excluding carboxylic acids is 1. The van der Waals surface area contributed by atoms with Gasteiger partial charge in [-0.2, -0.15) is 0 Å². The molecule has 37 heavy (non-hydrogen) atoms. The average Bonchev–Trinajstić information content (AvgIpc) is 3.17. The Morgan fingerprint density at radius 1 is 1.00 bits per heavy atom. The molecule has 5 heteroatoms. The van der Waals surface area contributed by atoms with Gasteiger partial charge in [-0.25, -0.2) is 4.79 Å². The lowest BCUT2D eigenvalue weighted by Crippen LogP contribution is -2.52. The molecule has 2 unspecified atom stereocenters. The van der Waals surface area contributed by atoms with Crippen LogP contribution in [0.2, 0.25) is 18.1 Å². The fourth-order valence-electron chi connectivity index (χ4n) is 6.10. The van der Waals surface area contributed by atoms with Gasteiger partial charge in [0.1, 0.15) is 6.61 Å². The lowest BCUT2D eigenvalue weighted by Gasteiger charge is -2.44. The van der Waals surface area contributed by atoms with Crippen molar-refractivity contribution >= 4 is 14.4 Å². The summed E-state index contributed by atoms with van der Waals surface area (Å²) < 4.78 is 12.5. The summed E-state index contributed by atoms with van der Waals surface area (Å²) in [5.74, 6) is 0.105. The van der Waals surface area contributed by atoms with Crippen LogP contribution in [0.3, 0.4) is 0 Å². The largest absolute Gasteiger partial charge is 0.448 e. The number of carbonyl (C=O) groups is 1. The van der Waals surface area contributed by atoms with Crippen LogP contribution < -0.4 is 0 Å². The number of amides is 1. The number of ether oxygens (including phenoxy) is 1. The normalized spacial score (nSPS) is 21.3. The summed E-state index contributed by atoms with van der Waals surface area (Å²) in [6.07, 6.45) is 8.60. The van der Waals surface area contributed by atoms with Crippen molar-refractivity contribution in [3.05, 3.63) is 71.3 Å².